The van der Waals surface area contributed by atoms with E-state index in [1.165, 1.54) is 47.3 Å². The van der Waals surface area contributed by atoms with E-state index in [4.69, 9.17) is 15.0 Å². The Labute approximate surface area is 286 Å². The molecule has 0 saturated heterocycles. The topological polar surface area (TPSA) is 38.7 Å². The Hall–Kier alpha value is -6.23. The predicted octanol–water partition coefficient (Wildman–Crippen LogP) is 12.4. The summed E-state index contributed by atoms with van der Waals surface area (Å²) >= 11 is 1.80. The Morgan fingerprint density at radius 1 is 0.306 bits per heavy atom. The molecule has 0 radical (unpaired) electrons. The molecule has 0 bridgehead atoms. The van der Waals surface area contributed by atoms with E-state index in [1.54, 1.807) is 11.3 Å². The zero-order valence-corrected chi connectivity index (χ0v) is 27.2. The monoisotopic (exact) mass is 641 g/mol. The van der Waals surface area contributed by atoms with Gasteiger partial charge >= 0.3 is 0 Å². The van der Waals surface area contributed by atoms with Crippen LogP contribution < -0.4 is 0 Å². The zero-order chi connectivity index (χ0) is 32.3. The molecule has 3 nitrogen and oxygen atoms in total. The summed E-state index contributed by atoms with van der Waals surface area (Å²) in [5.41, 5.74) is 5.32. The fourth-order valence-electron chi connectivity index (χ4n) is 7.23. The van der Waals surface area contributed by atoms with E-state index in [9.17, 15) is 0 Å². The van der Waals surface area contributed by atoms with Crippen LogP contribution in [0.1, 0.15) is 0 Å². The van der Waals surface area contributed by atoms with E-state index in [0.717, 1.165) is 33.0 Å². The third kappa shape index (κ3) is 4.61. The first-order valence-corrected chi connectivity index (χ1v) is 17.3. The predicted molar refractivity (Wildman–Crippen MR) is 207 cm³/mol. The Bertz CT molecular complexity index is 2880. The van der Waals surface area contributed by atoms with Gasteiger partial charge in [-0.15, -0.1) is 11.3 Å². The van der Waals surface area contributed by atoms with Crippen molar-refractivity contribution in [2.24, 2.45) is 0 Å². The number of nitrogens with zero attached hydrogens (tertiary/aromatic N) is 3. The zero-order valence-electron chi connectivity index (χ0n) is 26.3. The van der Waals surface area contributed by atoms with Gasteiger partial charge in [0, 0.05) is 42.2 Å². The quantitative estimate of drug-likeness (QED) is 0.180. The summed E-state index contributed by atoms with van der Waals surface area (Å²) in [6, 6.07) is 58.0. The molecule has 10 aromatic rings. The molecule has 2 heterocycles. The van der Waals surface area contributed by atoms with E-state index < -0.39 is 0 Å². The molecule has 0 N–H and O–H groups in total. The SMILES string of the molecule is c1ccc2c(-c3ccc(-c4nc(-c5cccc6ccc7ccccc7c56)nc(-c5cccc6sc7ccccc7c56)n4)cc3)cccc2c1. The average molecular weight is 642 g/mol. The largest absolute Gasteiger partial charge is 0.208 e. The molecule has 228 valence electrons. The van der Waals surface area contributed by atoms with Crippen molar-refractivity contribution in [2.45, 2.75) is 0 Å². The molecular weight excluding hydrogens is 615 g/mol. The van der Waals surface area contributed by atoms with Crippen molar-refractivity contribution >= 4 is 63.8 Å². The van der Waals surface area contributed by atoms with E-state index in [0.29, 0.717) is 17.5 Å². The number of aromatic nitrogens is 3. The van der Waals surface area contributed by atoms with Crippen LogP contribution in [0.5, 0.6) is 0 Å². The fraction of sp³-hybridized carbons (Fsp3) is 0. The van der Waals surface area contributed by atoms with Gasteiger partial charge in [0.05, 0.1) is 0 Å². The third-order valence-electron chi connectivity index (χ3n) is 9.53. The number of thiophene rings is 1. The van der Waals surface area contributed by atoms with E-state index >= 15 is 0 Å². The summed E-state index contributed by atoms with van der Waals surface area (Å²) in [6.07, 6.45) is 0. The first-order valence-electron chi connectivity index (χ1n) is 16.4. The standard InChI is InChI=1S/C45H27N3S/c1-3-14-33-28(10-1)12-7-17-34(33)30-23-26-32(27-24-30)43-46-44(37-18-8-13-31-25-22-29-11-2-4-15-35(29)41(31)37)48-45(47-43)38-19-9-21-40-42(38)36-16-5-6-20-39(36)49-40/h1-27H. The minimum absolute atomic E-state index is 0.651. The number of rotatable bonds is 4. The Morgan fingerprint density at radius 3 is 1.61 bits per heavy atom. The van der Waals surface area contributed by atoms with Crippen molar-refractivity contribution in [1.82, 2.24) is 15.0 Å². The maximum absolute atomic E-state index is 5.27. The Kier molecular flexibility index (Phi) is 6.36. The summed E-state index contributed by atoms with van der Waals surface area (Å²) in [7, 11) is 0. The second-order valence-electron chi connectivity index (χ2n) is 12.4. The van der Waals surface area contributed by atoms with E-state index in [1.807, 2.05) is 0 Å². The van der Waals surface area contributed by atoms with E-state index in [-0.39, 0.29) is 0 Å². The molecule has 0 unspecified atom stereocenters. The van der Waals surface area contributed by atoms with Gasteiger partial charge in [-0.3, -0.25) is 0 Å². The van der Waals surface area contributed by atoms with Crippen molar-refractivity contribution in [2.75, 3.05) is 0 Å². The minimum Gasteiger partial charge on any atom is -0.208 e. The molecule has 0 aliphatic heterocycles. The summed E-state index contributed by atoms with van der Waals surface area (Å²) in [4.78, 5) is 15.7. The summed E-state index contributed by atoms with van der Waals surface area (Å²) < 4.78 is 2.47. The molecule has 10 rings (SSSR count). The van der Waals surface area contributed by atoms with Crippen LogP contribution >= 0.6 is 11.3 Å². The Morgan fingerprint density at radius 2 is 0.816 bits per heavy atom. The highest BCUT2D eigenvalue weighted by molar-refractivity contribution is 7.25. The van der Waals surface area contributed by atoms with Crippen molar-refractivity contribution < 1.29 is 0 Å². The smallest absolute Gasteiger partial charge is 0.164 e. The molecule has 0 spiro atoms. The molecule has 0 amide bonds. The molecule has 2 aromatic heterocycles. The molecule has 49 heavy (non-hydrogen) atoms. The van der Waals surface area contributed by atoms with Crippen molar-refractivity contribution in [3.8, 4) is 45.3 Å². The van der Waals surface area contributed by atoms with Crippen LogP contribution in [-0.4, -0.2) is 15.0 Å². The Balaban J connectivity index is 1.21. The van der Waals surface area contributed by atoms with Gasteiger partial charge in [-0.1, -0.05) is 152 Å². The lowest BCUT2D eigenvalue weighted by molar-refractivity contribution is 1.08. The third-order valence-corrected chi connectivity index (χ3v) is 10.7. The lowest BCUT2D eigenvalue weighted by atomic mass is 9.97. The van der Waals surface area contributed by atoms with E-state index in [2.05, 4.69) is 164 Å². The van der Waals surface area contributed by atoms with Gasteiger partial charge < -0.3 is 0 Å². The number of hydrogen-bond donors (Lipinski definition) is 0. The van der Waals surface area contributed by atoms with Gasteiger partial charge in [0.25, 0.3) is 0 Å². The summed E-state index contributed by atoms with van der Waals surface area (Å²) in [5.74, 6) is 1.99. The van der Waals surface area contributed by atoms with Gasteiger partial charge in [0.2, 0.25) is 0 Å². The van der Waals surface area contributed by atoms with Crippen LogP contribution in [0.4, 0.5) is 0 Å². The molecular formula is C45H27N3S. The lowest BCUT2D eigenvalue weighted by Gasteiger charge is -2.13. The fourth-order valence-corrected chi connectivity index (χ4v) is 8.36. The van der Waals surface area contributed by atoms with Crippen LogP contribution in [0.3, 0.4) is 0 Å². The van der Waals surface area contributed by atoms with Gasteiger partial charge in [0.1, 0.15) is 0 Å². The molecule has 8 aromatic carbocycles. The molecule has 0 fully saturated rings. The number of fused-ring (bicyclic) bond motifs is 7. The minimum atomic E-state index is 0.651. The van der Waals surface area contributed by atoms with Crippen LogP contribution in [0, 0.1) is 0 Å². The highest BCUT2D eigenvalue weighted by Crippen LogP contribution is 2.41. The van der Waals surface area contributed by atoms with Crippen molar-refractivity contribution in [1.29, 1.82) is 0 Å². The molecule has 0 atom stereocenters. The number of benzene rings is 8. The average Bonchev–Trinajstić information content (AvgIpc) is 3.56. The van der Waals surface area contributed by atoms with Crippen LogP contribution in [-0.2, 0) is 0 Å². The molecule has 0 aliphatic carbocycles. The van der Waals surface area contributed by atoms with Crippen LogP contribution in [0.15, 0.2) is 164 Å². The second kappa shape index (κ2) is 11.2. The molecule has 0 aliphatic rings. The number of hydrogen-bond acceptors (Lipinski definition) is 4. The van der Waals surface area contributed by atoms with Gasteiger partial charge in [-0.05, 0) is 50.2 Å². The maximum atomic E-state index is 5.27. The van der Waals surface area contributed by atoms with Gasteiger partial charge in [-0.25, -0.2) is 15.0 Å². The molecule has 4 heteroatoms. The highest BCUT2D eigenvalue weighted by atomic mass is 32.1. The maximum Gasteiger partial charge on any atom is 0.164 e. The van der Waals surface area contributed by atoms with Crippen LogP contribution in [0.25, 0.3) is 97.8 Å². The highest BCUT2D eigenvalue weighted by Gasteiger charge is 2.19. The van der Waals surface area contributed by atoms with Gasteiger partial charge in [0.15, 0.2) is 17.5 Å². The first-order chi connectivity index (χ1) is 24.3. The normalized spacial score (nSPS) is 11.7. The van der Waals surface area contributed by atoms with Crippen molar-refractivity contribution in [3.05, 3.63) is 164 Å². The second-order valence-corrected chi connectivity index (χ2v) is 13.5. The molecule has 0 saturated carbocycles. The van der Waals surface area contributed by atoms with Crippen molar-refractivity contribution in [3.63, 3.8) is 0 Å². The van der Waals surface area contributed by atoms with Crippen LogP contribution in [0.2, 0.25) is 0 Å². The lowest BCUT2D eigenvalue weighted by Crippen LogP contribution is -2.01. The summed E-state index contributed by atoms with van der Waals surface area (Å²) in [6.45, 7) is 0. The summed E-state index contributed by atoms with van der Waals surface area (Å²) in [5, 5.41) is 9.55. The van der Waals surface area contributed by atoms with Gasteiger partial charge in [-0.2, -0.15) is 0 Å². The first kappa shape index (κ1) is 27.8.